The van der Waals surface area contributed by atoms with Crippen LogP contribution >= 0.6 is 0 Å². The number of hydrogen-bond acceptors (Lipinski definition) is 1. The molecule has 0 bridgehead atoms. The third kappa shape index (κ3) is 3.75. The SMILES string of the molecule is CC/C=N/C(=O)N(CC)CC. The van der Waals surface area contributed by atoms with Gasteiger partial charge in [0.05, 0.1) is 0 Å². The second kappa shape index (κ2) is 5.89. The summed E-state index contributed by atoms with van der Waals surface area (Å²) in [6.07, 6.45) is 2.45. The Labute approximate surface area is 68.1 Å². The highest BCUT2D eigenvalue weighted by atomic mass is 16.2. The van der Waals surface area contributed by atoms with Crippen molar-refractivity contribution in [3.8, 4) is 0 Å². The molecular weight excluding hydrogens is 140 g/mol. The number of nitrogens with zero attached hydrogens (tertiary/aromatic N) is 2. The molecule has 0 aromatic carbocycles. The summed E-state index contributed by atoms with van der Waals surface area (Å²) in [5.74, 6) is 0. The lowest BCUT2D eigenvalue weighted by Crippen LogP contribution is -2.27. The highest BCUT2D eigenvalue weighted by molar-refractivity contribution is 5.83. The second-order valence-corrected chi connectivity index (χ2v) is 2.17. The van der Waals surface area contributed by atoms with Crippen LogP contribution in [0.4, 0.5) is 4.79 Å². The van der Waals surface area contributed by atoms with Gasteiger partial charge < -0.3 is 4.90 Å². The molecule has 0 aliphatic rings. The fourth-order valence-electron chi connectivity index (χ4n) is 0.745. The molecule has 0 aliphatic carbocycles. The van der Waals surface area contributed by atoms with E-state index in [1.807, 2.05) is 20.8 Å². The molecule has 0 spiro atoms. The van der Waals surface area contributed by atoms with Crippen molar-refractivity contribution in [2.24, 2.45) is 4.99 Å². The second-order valence-electron chi connectivity index (χ2n) is 2.17. The summed E-state index contributed by atoms with van der Waals surface area (Å²) in [4.78, 5) is 16.5. The van der Waals surface area contributed by atoms with Crippen LogP contribution < -0.4 is 0 Å². The minimum Gasteiger partial charge on any atom is -0.323 e. The fourth-order valence-corrected chi connectivity index (χ4v) is 0.745. The van der Waals surface area contributed by atoms with E-state index in [1.165, 1.54) is 0 Å². The van der Waals surface area contributed by atoms with E-state index in [9.17, 15) is 4.79 Å². The van der Waals surface area contributed by atoms with Crippen LogP contribution in [0.1, 0.15) is 27.2 Å². The highest BCUT2D eigenvalue weighted by Gasteiger charge is 2.04. The van der Waals surface area contributed by atoms with Gasteiger partial charge in [-0.25, -0.2) is 9.79 Å². The van der Waals surface area contributed by atoms with E-state index in [1.54, 1.807) is 11.1 Å². The first-order chi connectivity index (χ1) is 5.26. The third-order valence-corrected chi connectivity index (χ3v) is 1.42. The van der Waals surface area contributed by atoms with Gasteiger partial charge in [-0.3, -0.25) is 0 Å². The molecule has 0 atom stereocenters. The Kier molecular flexibility index (Phi) is 5.43. The van der Waals surface area contributed by atoms with Gasteiger partial charge in [-0.1, -0.05) is 6.92 Å². The zero-order valence-electron chi connectivity index (χ0n) is 7.50. The number of aliphatic imine (C=N–C) groups is 1. The van der Waals surface area contributed by atoms with Crippen LogP contribution in [0.2, 0.25) is 0 Å². The topological polar surface area (TPSA) is 32.7 Å². The lowest BCUT2D eigenvalue weighted by atomic mass is 10.5. The van der Waals surface area contributed by atoms with Crippen LogP contribution in [-0.4, -0.2) is 30.2 Å². The number of hydrogen-bond donors (Lipinski definition) is 0. The van der Waals surface area contributed by atoms with Gasteiger partial charge in [0.15, 0.2) is 0 Å². The van der Waals surface area contributed by atoms with Crippen molar-refractivity contribution in [2.75, 3.05) is 13.1 Å². The Bertz CT molecular complexity index is 139. The maximum atomic E-state index is 11.1. The zero-order chi connectivity index (χ0) is 8.69. The molecule has 64 valence electrons. The molecule has 0 aromatic rings. The molecule has 0 heterocycles. The number of carbonyl (C=O) groups is 1. The third-order valence-electron chi connectivity index (χ3n) is 1.42. The molecule has 0 fully saturated rings. The highest BCUT2D eigenvalue weighted by Crippen LogP contribution is 1.91. The normalized spacial score (nSPS) is 10.5. The molecule has 2 amide bonds. The van der Waals surface area contributed by atoms with Crippen molar-refractivity contribution in [1.29, 1.82) is 0 Å². The Hall–Kier alpha value is -0.860. The molecular formula is C8H16N2O. The first-order valence-corrected chi connectivity index (χ1v) is 4.07. The minimum atomic E-state index is -0.128. The maximum absolute atomic E-state index is 11.1. The van der Waals surface area contributed by atoms with E-state index in [2.05, 4.69) is 4.99 Å². The molecule has 0 saturated carbocycles. The molecule has 0 saturated heterocycles. The first kappa shape index (κ1) is 10.1. The van der Waals surface area contributed by atoms with Gasteiger partial charge in [-0.15, -0.1) is 0 Å². The van der Waals surface area contributed by atoms with E-state index in [4.69, 9.17) is 0 Å². The average Bonchev–Trinajstić information content (AvgIpc) is 2.03. The van der Waals surface area contributed by atoms with E-state index < -0.39 is 0 Å². The van der Waals surface area contributed by atoms with Crippen molar-refractivity contribution in [2.45, 2.75) is 27.2 Å². The summed E-state index contributed by atoms with van der Waals surface area (Å²) >= 11 is 0. The van der Waals surface area contributed by atoms with Gasteiger partial charge in [0, 0.05) is 19.3 Å². The summed E-state index contributed by atoms with van der Waals surface area (Å²) in [5.41, 5.74) is 0. The molecule has 3 nitrogen and oxygen atoms in total. The van der Waals surface area contributed by atoms with Gasteiger partial charge in [0.25, 0.3) is 0 Å². The summed E-state index contributed by atoms with van der Waals surface area (Å²) in [7, 11) is 0. The summed E-state index contributed by atoms with van der Waals surface area (Å²) in [6.45, 7) is 7.32. The number of rotatable bonds is 3. The van der Waals surface area contributed by atoms with Gasteiger partial charge in [0.1, 0.15) is 0 Å². The van der Waals surface area contributed by atoms with E-state index >= 15 is 0 Å². The minimum absolute atomic E-state index is 0.128. The Morgan fingerprint density at radius 3 is 2.27 bits per heavy atom. The van der Waals surface area contributed by atoms with Crippen LogP contribution in [0, 0.1) is 0 Å². The van der Waals surface area contributed by atoms with Crippen molar-refractivity contribution >= 4 is 12.2 Å². The maximum Gasteiger partial charge on any atom is 0.343 e. The van der Waals surface area contributed by atoms with E-state index in [-0.39, 0.29) is 6.03 Å². The molecule has 0 aliphatic heterocycles. The van der Waals surface area contributed by atoms with Gasteiger partial charge in [-0.05, 0) is 20.3 Å². The monoisotopic (exact) mass is 156 g/mol. The number of carbonyl (C=O) groups excluding carboxylic acids is 1. The van der Waals surface area contributed by atoms with E-state index in [0.717, 1.165) is 19.5 Å². The number of urea groups is 1. The van der Waals surface area contributed by atoms with Crippen LogP contribution in [0.3, 0.4) is 0 Å². The lowest BCUT2D eigenvalue weighted by Gasteiger charge is -2.14. The van der Waals surface area contributed by atoms with Gasteiger partial charge in [-0.2, -0.15) is 0 Å². The quantitative estimate of drug-likeness (QED) is 0.575. The largest absolute Gasteiger partial charge is 0.343 e. The van der Waals surface area contributed by atoms with Crippen molar-refractivity contribution in [1.82, 2.24) is 4.90 Å². The van der Waals surface area contributed by atoms with Crippen LogP contribution in [0.5, 0.6) is 0 Å². The Balaban J connectivity index is 3.88. The molecule has 0 rings (SSSR count). The predicted molar refractivity (Wildman–Crippen MR) is 47.1 cm³/mol. The molecule has 0 radical (unpaired) electrons. The standard InChI is InChI=1S/C8H16N2O/c1-4-7-9-8(11)10(5-2)6-3/h7H,4-6H2,1-3H3/b9-7+. The fraction of sp³-hybridized carbons (Fsp3) is 0.750. The molecule has 3 heteroatoms. The summed E-state index contributed by atoms with van der Waals surface area (Å²) in [6, 6.07) is -0.128. The lowest BCUT2D eigenvalue weighted by molar-refractivity contribution is 0.213. The molecule has 11 heavy (non-hydrogen) atoms. The number of amides is 2. The van der Waals surface area contributed by atoms with E-state index in [0.29, 0.717) is 0 Å². The molecule has 0 unspecified atom stereocenters. The first-order valence-electron chi connectivity index (χ1n) is 4.07. The Morgan fingerprint density at radius 2 is 1.91 bits per heavy atom. The average molecular weight is 156 g/mol. The van der Waals surface area contributed by atoms with Crippen molar-refractivity contribution in [3.05, 3.63) is 0 Å². The predicted octanol–water partition coefficient (Wildman–Crippen LogP) is 1.93. The van der Waals surface area contributed by atoms with Crippen LogP contribution in [0.25, 0.3) is 0 Å². The van der Waals surface area contributed by atoms with Gasteiger partial charge >= 0.3 is 6.03 Å². The van der Waals surface area contributed by atoms with Crippen LogP contribution in [-0.2, 0) is 0 Å². The molecule has 0 aromatic heterocycles. The van der Waals surface area contributed by atoms with Crippen LogP contribution in [0.15, 0.2) is 4.99 Å². The van der Waals surface area contributed by atoms with Gasteiger partial charge in [0.2, 0.25) is 0 Å². The zero-order valence-corrected chi connectivity index (χ0v) is 7.50. The van der Waals surface area contributed by atoms with Crippen molar-refractivity contribution < 1.29 is 4.79 Å². The molecule has 0 N–H and O–H groups in total. The summed E-state index contributed by atoms with van der Waals surface area (Å²) in [5, 5.41) is 0. The van der Waals surface area contributed by atoms with Crippen molar-refractivity contribution in [3.63, 3.8) is 0 Å². The Morgan fingerprint density at radius 1 is 1.36 bits per heavy atom. The smallest absolute Gasteiger partial charge is 0.323 e. The summed E-state index contributed by atoms with van der Waals surface area (Å²) < 4.78 is 0.